The molecular formula is C11H18N4O. The number of imidazole rings is 1. The Balaban J connectivity index is 2.08. The summed E-state index contributed by atoms with van der Waals surface area (Å²) in [7, 11) is 3.66. The van der Waals surface area contributed by atoms with Gasteiger partial charge in [-0.05, 0) is 18.8 Å². The Labute approximate surface area is 95.2 Å². The van der Waals surface area contributed by atoms with Gasteiger partial charge in [0.15, 0.2) is 0 Å². The number of nitrogens with zero attached hydrogens (tertiary/aromatic N) is 3. The van der Waals surface area contributed by atoms with Crippen LogP contribution in [0.1, 0.15) is 23.3 Å². The maximum Gasteiger partial charge on any atom is 0.274 e. The van der Waals surface area contributed by atoms with Gasteiger partial charge in [-0.2, -0.15) is 0 Å². The smallest absolute Gasteiger partial charge is 0.274 e. The first kappa shape index (κ1) is 11.1. The van der Waals surface area contributed by atoms with Crippen molar-refractivity contribution in [2.45, 2.75) is 18.9 Å². The minimum Gasteiger partial charge on any atom is -0.340 e. The molecule has 0 aliphatic heterocycles. The van der Waals surface area contributed by atoms with Gasteiger partial charge < -0.3 is 15.2 Å². The summed E-state index contributed by atoms with van der Waals surface area (Å²) in [5.74, 6) is 0.547. The first-order valence-corrected chi connectivity index (χ1v) is 5.58. The number of nitrogens with two attached hydrogens (primary N) is 1. The van der Waals surface area contributed by atoms with Gasteiger partial charge in [0.25, 0.3) is 5.91 Å². The highest BCUT2D eigenvalue weighted by atomic mass is 16.2. The van der Waals surface area contributed by atoms with E-state index >= 15 is 0 Å². The third-order valence-electron chi connectivity index (χ3n) is 3.15. The van der Waals surface area contributed by atoms with Gasteiger partial charge in [0, 0.05) is 32.9 Å². The van der Waals surface area contributed by atoms with Crippen molar-refractivity contribution in [2.24, 2.45) is 18.7 Å². The van der Waals surface area contributed by atoms with Gasteiger partial charge >= 0.3 is 0 Å². The second-order valence-electron chi connectivity index (χ2n) is 4.48. The van der Waals surface area contributed by atoms with Crippen LogP contribution in [0.5, 0.6) is 0 Å². The number of amides is 1. The van der Waals surface area contributed by atoms with Gasteiger partial charge in [0.1, 0.15) is 5.69 Å². The minimum absolute atomic E-state index is 0.0389. The second-order valence-corrected chi connectivity index (χ2v) is 4.48. The van der Waals surface area contributed by atoms with Crippen molar-refractivity contribution in [3.63, 3.8) is 0 Å². The molecule has 1 fully saturated rings. The number of hydrogen-bond acceptors (Lipinski definition) is 3. The quantitative estimate of drug-likeness (QED) is 0.793. The van der Waals surface area contributed by atoms with Crippen molar-refractivity contribution in [3.05, 3.63) is 18.2 Å². The number of rotatable bonds is 4. The molecular weight excluding hydrogens is 204 g/mol. The van der Waals surface area contributed by atoms with E-state index in [4.69, 9.17) is 5.73 Å². The van der Waals surface area contributed by atoms with Crippen LogP contribution in [0.4, 0.5) is 0 Å². The average molecular weight is 222 g/mol. The molecule has 0 spiro atoms. The highest BCUT2D eigenvalue weighted by molar-refractivity contribution is 5.92. The van der Waals surface area contributed by atoms with Crippen LogP contribution in [0.3, 0.4) is 0 Å². The van der Waals surface area contributed by atoms with Crippen LogP contribution in [0.25, 0.3) is 0 Å². The molecule has 1 unspecified atom stereocenters. The van der Waals surface area contributed by atoms with Crippen molar-refractivity contribution in [1.29, 1.82) is 0 Å². The zero-order valence-corrected chi connectivity index (χ0v) is 9.76. The lowest BCUT2D eigenvalue weighted by molar-refractivity contribution is 0.0713. The van der Waals surface area contributed by atoms with Crippen molar-refractivity contribution in [1.82, 2.24) is 14.5 Å². The van der Waals surface area contributed by atoms with E-state index in [2.05, 4.69) is 4.98 Å². The molecule has 1 aromatic rings. The summed E-state index contributed by atoms with van der Waals surface area (Å²) in [5, 5.41) is 0. The zero-order valence-electron chi connectivity index (χ0n) is 9.76. The molecule has 16 heavy (non-hydrogen) atoms. The number of likely N-dealkylation sites (N-methyl/N-ethyl adjacent to an activating group) is 1. The highest BCUT2D eigenvalue weighted by Gasteiger charge is 2.35. The Morgan fingerprint density at radius 2 is 2.44 bits per heavy atom. The highest BCUT2D eigenvalue weighted by Crippen LogP contribution is 2.34. The predicted octanol–water partition coefficient (Wildman–Crippen LogP) is 0.229. The van der Waals surface area contributed by atoms with E-state index < -0.39 is 0 Å². The van der Waals surface area contributed by atoms with E-state index in [0.29, 0.717) is 18.2 Å². The monoisotopic (exact) mass is 222 g/mol. The van der Waals surface area contributed by atoms with E-state index in [1.807, 2.05) is 14.1 Å². The fraction of sp³-hybridized carbons (Fsp3) is 0.636. The first-order valence-electron chi connectivity index (χ1n) is 5.58. The van der Waals surface area contributed by atoms with Gasteiger partial charge in [-0.3, -0.25) is 4.79 Å². The summed E-state index contributed by atoms with van der Waals surface area (Å²) in [5.41, 5.74) is 6.21. The van der Waals surface area contributed by atoms with E-state index in [-0.39, 0.29) is 11.9 Å². The lowest BCUT2D eigenvalue weighted by Crippen LogP contribution is -2.43. The molecule has 0 saturated heterocycles. The van der Waals surface area contributed by atoms with Crippen LogP contribution in [0.2, 0.25) is 0 Å². The molecule has 1 aliphatic rings. The summed E-state index contributed by atoms with van der Waals surface area (Å²) in [6, 6.07) is 0.162. The van der Waals surface area contributed by atoms with E-state index in [9.17, 15) is 4.79 Å². The molecule has 1 amide bonds. The topological polar surface area (TPSA) is 64.2 Å². The van der Waals surface area contributed by atoms with Crippen LogP contribution in [-0.2, 0) is 7.05 Å². The maximum absolute atomic E-state index is 12.1. The Bertz CT molecular complexity index is 383. The molecule has 0 aromatic carbocycles. The predicted molar refractivity (Wildman–Crippen MR) is 60.9 cm³/mol. The van der Waals surface area contributed by atoms with Gasteiger partial charge in [0.05, 0.1) is 6.33 Å². The molecule has 2 rings (SSSR count). The van der Waals surface area contributed by atoms with Crippen molar-refractivity contribution >= 4 is 5.91 Å². The van der Waals surface area contributed by atoms with Gasteiger partial charge in [-0.1, -0.05) is 0 Å². The largest absolute Gasteiger partial charge is 0.340 e. The number of carbonyl (C=O) groups excluding carboxylic acids is 1. The van der Waals surface area contributed by atoms with Crippen molar-refractivity contribution in [3.8, 4) is 0 Å². The third kappa shape index (κ3) is 2.09. The fourth-order valence-corrected chi connectivity index (χ4v) is 2.00. The van der Waals surface area contributed by atoms with Crippen LogP contribution >= 0.6 is 0 Å². The van der Waals surface area contributed by atoms with Gasteiger partial charge in [-0.15, -0.1) is 0 Å². The molecule has 0 bridgehead atoms. The molecule has 0 radical (unpaired) electrons. The number of aromatic nitrogens is 2. The number of carbonyl (C=O) groups is 1. The molecule has 5 heteroatoms. The molecule has 1 aliphatic carbocycles. The van der Waals surface area contributed by atoms with Crippen LogP contribution < -0.4 is 5.73 Å². The molecule has 88 valence electrons. The fourth-order valence-electron chi connectivity index (χ4n) is 2.00. The minimum atomic E-state index is -0.0389. The normalized spacial score (nSPS) is 17.2. The molecule has 1 saturated carbocycles. The Hall–Kier alpha value is -1.36. The lowest BCUT2D eigenvalue weighted by atomic mass is 10.1. The standard InChI is InChI=1S/C11H18N4O/c1-14-6-9(13-7-14)11(16)15(2)10(5-12)8-3-4-8/h6-8,10H,3-5,12H2,1-2H3. The van der Waals surface area contributed by atoms with E-state index in [1.165, 1.54) is 12.8 Å². The summed E-state index contributed by atoms with van der Waals surface area (Å²) in [6.07, 6.45) is 5.73. The first-order chi connectivity index (χ1) is 7.63. The van der Waals surface area contributed by atoms with Crippen molar-refractivity contribution < 1.29 is 4.79 Å². The van der Waals surface area contributed by atoms with E-state index in [0.717, 1.165) is 0 Å². The summed E-state index contributed by atoms with van der Waals surface area (Å²) < 4.78 is 1.77. The van der Waals surface area contributed by atoms with Crippen LogP contribution in [0.15, 0.2) is 12.5 Å². The Kier molecular flexibility index (Phi) is 2.96. The van der Waals surface area contributed by atoms with E-state index in [1.54, 1.807) is 22.0 Å². The molecule has 1 atom stereocenters. The Morgan fingerprint density at radius 3 is 2.88 bits per heavy atom. The van der Waals surface area contributed by atoms with Crippen LogP contribution in [-0.4, -0.2) is 40.0 Å². The molecule has 1 heterocycles. The number of hydrogen-bond donors (Lipinski definition) is 1. The Morgan fingerprint density at radius 1 is 1.75 bits per heavy atom. The SMILES string of the molecule is CN(C(=O)c1cn(C)cn1)C(CN)C1CC1. The summed E-state index contributed by atoms with van der Waals surface area (Å²) in [6.45, 7) is 0.528. The van der Waals surface area contributed by atoms with Crippen molar-refractivity contribution in [2.75, 3.05) is 13.6 Å². The van der Waals surface area contributed by atoms with Gasteiger partial charge in [-0.25, -0.2) is 4.98 Å². The molecule has 5 nitrogen and oxygen atoms in total. The molecule has 1 aromatic heterocycles. The summed E-state index contributed by atoms with van der Waals surface area (Å²) in [4.78, 5) is 17.9. The molecule has 2 N–H and O–H groups in total. The third-order valence-corrected chi connectivity index (χ3v) is 3.15. The second kappa shape index (κ2) is 4.25. The maximum atomic E-state index is 12.1. The summed E-state index contributed by atoms with van der Waals surface area (Å²) >= 11 is 0. The number of aryl methyl sites for hydroxylation is 1. The lowest BCUT2D eigenvalue weighted by Gasteiger charge is -2.26. The van der Waals surface area contributed by atoms with Crippen LogP contribution in [0, 0.1) is 5.92 Å². The average Bonchev–Trinajstić information content (AvgIpc) is 3.00. The van der Waals surface area contributed by atoms with Gasteiger partial charge in [0.2, 0.25) is 0 Å². The zero-order chi connectivity index (χ0) is 11.7.